The third-order valence-electron chi connectivity index (χ3n) is 2.93. The Balaban J connectivity index is 2.10. The molecule has 0 aliphatic heterocycles. The number of benzene rings is 1. The maximum Gasteiger partial charge on any atom is 0.0807 e. The van der Waals surface area contributed by atoms with Crippen molar-refractivity contribution in [1.29, 1.82) is 0 Å². The second-order valence-corrected chi connectivity index (χ2v) is 5.16. The molecule has 18 heavy (non-hydrogen) atoms. The molecular weight excluding hydrogens is 238 g/mol. The topological polar surface area (TPSA) is 12.9 Å². The lowest BCUT2D eigenvalue weighted by Crippen LogP contribution is -1.82. The molecule has 1 aromatic carbocycles. The number of aryl methyl sites for hydroxylation is 1. The first-order valence-corrected chi connectivity index (χ1v) is 6.78. The van der Waals surface area contributed by atoms with E-state index in [4.69, 9.17) is 0 Å². The van der Waals surface area contributed by atoms with E-state index in [1.807, 2.05) is 18.3 Å². The molecule has 0 amide bonds. The lowest BCUT2D eigenvalue weighted by atomic mass is 10.0. The van der Waals surface area contributed by atoms with Crippen molar-refractivity contribution in [2.24, 2.45) is 0 Å². The number of rotatable bonds is 2. The number of aromatic nitrogens is 1. The van der Waals surface area contributed by atoms with E-state index in [9.17, 15) is 0 Å². The Labute approximate surface area is 111 Å². The highest BCUT2D eigenvalue weighted by atomic mass is 32.1. The van der Waals surface area contributed by atoms with Crippen molar-refractivity contribution in [3.05, 3.63) is 65.7 Å². The van der Waals surface area contributed by atoms with Gasteiger partial charge in [0.1, 0.15) is 0 Å². The van der Waals surface area contributed by atoms with Crippen molar-refractivity contribution < 1.29 is 0 Å². The summed E-state index contributed by atoms with van der Waals surface area (Å²) in [6.45, 7) is 2.11. The van der Waals surface area contributed by atoms with Crippen LogP contribution in [0.3, 0.4) is 0 Å². The van der Waals surface area contributed by atoms with Crippen LogP contribution in [0.1, 0.15) is 5.56 Å². The van der Waals surface area contributed by atoms with Crippen molar-refractivity contribution in [3.8, 4) is 21.7 Å². The predicted molar refractivity (Wildman–Crippen MR) is 77.7 cm³/mol. The predicted octanol–water partition coefficient (Wildman–Crippen LogP) is 4.79. The van der Waals surface area contributed by atoms with E-state index in [0.717, 1.165) is 5.69 Å². The first-order chi connectivity index (χ1) is 8.84. The molecule has 2 aromatic heterocycles. The molecule has 88 valence electrons. The third kappa shape index (κ3) is 2.07. The van der Waals surface area contributed by atoms with E-state index in [-0.39, 0.29) is 0 Å². The highest BCUT2D eigenvalue weighted by Gasteiger charge is 2.09. The molecule has 0 aliphatic rings. The minimum absolute atomic E-state index is 1.04. The molecule has 2 heteroatoms. The maximum atomic E-state index is 4.44. The molecule has 2 heterocycles. The molecule has 0 fully saturated rings. The average molecular weight is 251 g/mol. The van der Waals surface area contributed by atoms with Crippen LogP contribution >= 0.6 is 11.3 Å². The zero-order valence-electron chi connectivity index (χ0n) is 10.1. The number of pyridine rings is 1. The van der Waals surface area contributed by atoms with Crippen LogP contribution in [0.25, 0.3) is 21.7 Å². The molecule has 0 N–H and O–H groups in total. The fourth-order valence-corrected chi connectivity index (χ4v) is 2.86. The molecule has 3 rings (SSSR count). The van der Waals surface area contributed by atoms with Gasteiger partial charge in [0.05, 0.1) is 10.6 Å². The summed E-state index contributed by atoms with van der Waals surface area (Å²) in [7, 11) is 0. The number of hydrogen-bond donors (Lipinski definition) is 0. The Morgan fingerprint density at radius 2 is 1.78 bits per heavy atom. The van der Waals surface area contributed by atoms with Gasteiger partial charge in [-0.15, -0.1) is 11.3 Å². The summed E-state index contributed by atoms with van der Waals surface area (Å²) in [4.78, 5) is 5.67. The quantitative estimate of drug-likeness (QED) is 0.638. The SMILES string of the molecule is Cc1ccc(-c2ccsc2-c2ccccn2)cc1. The Morgan fingerprint density at radius 1 is 0.944 bits per heavy atom. The van der Waals surface area contributed by atoms with Gasteiger partial charge in [-0.05, 0) is 36.1 Å². The molecule has 0 bridgehead atoms. The highest BCUT2D eigenvalue weighted by molar-refractivity contribution is 7.14. The molecular formula is C16H13NS. The van der Waals surface area contributed by atoms with Gasteiger partial charge in [0.15, 0.2) is 0 Å². The van der Waals surface area contributed by atoms with E-state index in [2.05, 4.69) is 53.7 Å². The molecule has 3 aromatic rings. The number of nitrogens with zero attached hydrogens (tertiary/aromatic N) is 1. The normalized spacial score (nSPS) is 10.5. The monoisotopic (exact) mass is 251 g/mol. The molecule has 0 atom stereocenters. The van der Waals surface area contributed by atoms with Crippen molar-refractivity contribution in [2.45, 2.75) is 6.92 Å². The maximum absolute atomic E-state index is 4.44. The van der Waals surface area contributed by atoms with Gasteiger partial charge in [-0.25, -0.2) is 0 Å². The summed E-state index contributed by atoms with van der Waals surface area (Å²) in [5.74, 6) is 0. The summed E-state index contributed by atoms with van der Waals surface area (Å²) >= 11 is 1.74. The minimum Gasteiger partial charge on any atom is -0.255 e. The second-order valence-electron chi connectivity index (χ2n) is 4.24. The summed E-state index contributed by atoms with van der Waals surface area (Å²) < 4.78 is 0. The number of thiophene rings is 1. The minimum atomic E-state index is 1.04. The average Bonchev–Trinajstić information content (AvgIpc) is 2.90. The second kappa shape index (κ2) is 4.75. The highest BCUT2D eigenvalue weighted by Crippen LogP contribution is 2.35. The van der Waals surface area contributed by atoms with Crippen LogP contribution in [-0.4, -0.2) is 4.98 Å². The summed E-state index contributed by atoms with van der Waals surface area (Å²) in [6.07, 6.45) is 1.84. The smallest absolute Gasteiger partial charge is 0.0807 e. The van der Waals surface area contributed by atoms with Gasteiger partial charge >= 0.3 is 0 Å². The van der Waals surface area contributed by atoms with Crippen LogP contribution in [0.4, 0.5) is 0 Å². The first kappa shape index (κ1) is 11.2. The Kier molecular flexibility index (Phi) is 2.95. The van der Waals surface area contributed by atoms with Gasteiger partial charge in [0, 0.05) is 11.8 Å². The standard InChI is InChI=1S/C16H13NS/c1-12-5-7-13(8-6-12)14-9-11-18-16(14)15-4-2-3-10-17-15/h2-11H,1H3. The van der Waals surface area contributed by atoms with E-state index < -0.39 is 0 Å². The van der Waals surface area contributed by atoms with Crippen molar-refractivity contribution in [2.75, 3.05) is 0 Å². The van der Waals surface area contributed by atoms with Crippen LogP contribution in [0.5, 0.6) is 0 Å². The van der Waals surface area contributed by atoms with Gasteiger partial charge in [0.25, 0.3) is 0 Å². The van der Waals surface area contributed by atoms with Crippen LogP contribution in [0.2, 0.25) is 0 Å². The van der Waals surface area contributed by atoms with Gasteiger partial charge in [-0.3, -0.25) is 4.98 Å². The lowest BCUT2D eigenvalue weighted by Gasteiger charge is -2.04. The Bertz CT molecular complexity index is 638. The third-order valence-corrected chi connectivity index (χ3v) is 3.86. The molecule has 0 saturated carbocycles. The van der Waals surface area contributed by atoms with Gasteiger partial charge in [-0.2, -0.15) is 0 Å². The number of hydrogen-bond acceptors (Lipinski definition) is 2. The van der Waals surface area contributed by atoms with E-state index >= 15 is 0 Å². The van der Waals surface area contributed by atoms with Gasteiger partial charge < -0.3 is 0 Å². The fraction of sp³-hybridized carbons (Fsp3) is 0.0625. The van der Waals surface area contributed by atoms with Crippen LogP contribution < -0.4 is 0 Å². The van der Waals surface area contributed by atoms with Crippen molar-refractivity contribution >= 4 is 11.3 Å². The molecule has 0 aliphatic carbocycles. The summed E-state index contributed by atoms with van der Waals surface area (Å²) in [6, 6.07) is 16.8. The molecule has 0 radical (unpaired) electrons. The Hall–Kier alpha value is -1.93. The summed E-state index contributed by atoms with van der Waals surface area (Å²) in [5, 5.41) is 2.12. The van der Waals surface area contributed by atoms with E-state index in [1.54, 1.807) is 11.3 Å². The van der Waals surface area contributed by atoms with Crippen molar-refractivity contribution in [1.82, 2.24) is 4.98 Å². The van der Waals surface area contributed by atoms with Crippen LogP contribution in [0, 0.1) is 6.92 Å². The molecule has 0 spiro atoms. The Morgan fingerprint density at radius 3 is 2.50 bits per heavy atom. The molecule has 1 nitrogen and oxygen atoms in total. The summed E-state index contributed by atoms with van der Waals surface area (Å²) in [5.41, 5.74) is 4.85. The fourth-order valence-electron chi connectivity index (χ4n) is 1.97. The first-order valence-electron chi connectivity index (χ1n) is 5.90. The van der Waals surface area contributed by atoms with Crippen molar-refractivity contribution in [3.63, 3.8) is 0 Å². The zero-order chi connectivity index (χ0) is 12.4. The van der Waals surface area contributed by atoms with E-state index in [0.29, 0.717) is 0 Å². The van der Waals surface area contributed by atoms with E-state index in [1.165, 1.54) is 21.6 Å². The molecule has 0 unspecified atom stereocenters. The van der Waals surface area contributed by atoms with Crippen LogP contribution in [-0.2, 0) is 0 Å². The van der Waals surface area contributed by atoms with Gasteiger partial charge in [0.2, 0.25) is 0 Å². The lowest BCUT2D eigenvalue weighted by molar-refractivity contribution is 1.34. The zero-order valence-corrected chi connectivity index (χ0v) is 10.9. The molecule has 0 saturated heterocycles. The van der Waals surface area contributed by atoms with Gasteiger partial charge in [-0.1, -0.05) is 35.9 Å². The largest absolute Gasteiger partial charge is 0.255 e. The van der Waals surface area contributed by atoms with Crippen LogP contribution in [0.15, 0.2) is 60.1 Å².